The number of imide groups is 1. The van der Waals surface area contributed by atoms with Gasteiger partial charge in [0, 0.05) is 17.7 Å². The summed E-state index contributed by atoms with van der Waals surface area (Å²) in [4.78, 5) is 44.7. The average molecular weight is 294 g/mol. The molecule has 0 spiro atoms. The van der Waals surface area contributed by atoms with Gasteiger partial charge in [0.25, 0.3) is 11.6 Å². The third-order valence-corrected chi connectivity index (χ3v) is 2.61. The summed E-state index contributed by atoms with van der Waals surface area (Å²) < 4.78 is 4.67. The third kappa shape index (κ3) is 4.37. The van der Waals surface area contributed by atoms with Crippen molar-refractivity contribution in [2.24, 2.45) is 5.92 Å². The van der Waals surface area contributed by atoms with E-state index in [-0.39, 0.29) is 17.9 Å². The molecule has 0 aromatic heterocycles. The van der Waals surface area contributed by atoms with Crippen LogP contribution < -0.4 is 5.32 Å². The van der Waals surface area contributed by atoms with Gasteiger partial charge < -0.3 is 4.74 Å². The molecule has 112 valence electrons. The van der Waals surface area contributed by atoms with Crippen molar-refractivity contribution in [1.82, 2.24) is 5.32 Å². The van der Waals surface area contributed by atoms with Gasteiger partial charge in [-0.2, -0.15) is 0 Å². The van der Waals surface area contributed by atoms with Crippen LogP contribution in [0, 0.1) is 16.0 Å². The molecule has 1 unspecified atom stereocenters. The van der Waals surface area contributed by atoms with Crippen LogP contribution in [0.25, 0.3) is 0 Å². The molecule has 2 amide bonds. The first-order chi connectivity index (χ1) is 9.86. The number of rotatable bonds is 5. The van der Waals surface area contributed by atoms with Crippen molar-refractivity contribution in [2.75, 3.05) is 6.61 Å². The van der Waals surface area contributed by atoms with Crippen LogP contribution in [-0.2, 0) is 14.3 Å². The van der Waals surface area contributed by atoms with Crippen LogP contribution in [0.15, 0.2) is 24.3 Å². The zero-order chi connectivity index (χ0) is 16.0. The summed E-state index contributed by atoms with van der Waals surface area (Å²) in [5.74, 6) is -3.39. The van der Waals surface area contributed by atoms with Gasteiger partial charge in [0.05, 0.1) is 11.5 Å². The van der Waals surface area contributed by atoms with Crippen molar-refractivity contribution < 1.29 is 24.0 Å². The van der Waals surface area contributed by atoms with Crippen molar-refractivity contribution in [3.05, 3.63) is 39.9 Å². The molecule has 0 saturated heterocycles. The van der Waals surface area contributed by atoms with Crippen LogP contribution in [0.2, 0.25) is 0 Å². The van der Waals surface area contributed by atoms with Gasteiger partial charge in [0.15, 0.2) is 0 Å². The number of nitro groups is 1. The average Bonchev–Trinajstić information content (AvgIpc) is 2.46. The number of nitrogens with zero attached hydrogens (tertiary/aromatic N) is 1. The number of ether oxygens (including phenoxy) is 1. The highest BCUT2D eigenvalue weighted by molar-refractivity contribution is 6.09. The summed E-state index contributed by atoms with van der Waals surface area (Å²) >= 11 is 0. The summed E-state index contributed by atoms with van der Waals surface area (Å²) in [6, 6.07) is 4.73. The van der Waals surface area contributed by atoms with E-state index in [0.29, 0.717) is 0 Å². The minimum atomic E-state index is -1.12. The smallest absolute Gasteiger partial charge is 0.318 e. The third-order valence-electron chi connectivity index (χ3n) is 2.61. The summed E-state index contributed by atoms with van der Waals surface area (Å²) in [6.07, 6.45) is 0. The topological polar surface area (TPSA) is 116 Å². The van der Waals surface area contributed by atoms with Crippen LogP contribution >= 0.6 is 0 Å². The molecule has 1 aromatic rings. The van der Waals surface area contributed by atoms with E-state index in [1.807, 2.05) is 5.32 Å². The lowest BCUT2D eigenvalue weighted by molar-refractivity contribution is -0.384. The van der Waals surface area contributed by atoms with Gasteiger partial charge in [0.2, 0.25) is 5.91 Å². The largest absolute Gasteiger partial charge is 0.465 e. The van der Waals surface area contributed by atoms with Gasteiger partial charge in [-0.15, -0.1) is 0 Å². The second-order valence-corrected chi connectivity index (χ2v) is 4.10. The molecule has 0 aliphatic heterocycles. The molecule has 1 N–H and O–H groups in total. The molecule has 1 atom stereocenters. The summed E-state index contributed by atoms with van der Waals surface area (Å²) in [6.45, 7) is 3.05. The van der Waals surface area contributed by atoms with Gasteiger partial charge in [-0.05, 0) is 26.0 Å². The number of non-ortho nitro benzene ring substituents is 1. The van der Waals surface area contributed by atoms with Crippen molar-refractivity contribution in [1.29, 1.82) is 0 Å². The predicted octanol–water partition coefficient (Wildman–Crippen LogP) is 1.05. The van der Waals surface area contributed by atoms with Crippen LogP contribution in [0.4, 0.5) is 5.69 Å². The first kappa shape index (κ1) is 16.3. The molecule has 1 rings (SSSR count). The number of hydrogen-bond acceptors (Lipinski definition) is 6. The zero-order valence-electron chi connectivity index (χ0n) is 11.5. The van der Waals surface area contributed by atoms with Crippen molar-refractivity contribution in [2.45, 2.75) is 13.8 Å². The number of benzene rings is 1. The number of esters is 1. The molecule has 0 aliphatic rings. The van der Waals surface area contributed by atoms with E-state index in [1.54, 1.807) is 6.92 Å². The molecule has 0 bridgehead atoms. The van der Waals surface area contributed by atoms with Gasteiger partial charge in [-0.25, -0.2) is 0 Å². The summed E-state index contributed by atoms with van der Waals surface area (Å²) in [5.41, 5.74) is -0.0947. The first-order valence-corrected chi connectivity index (χ1v) is 6.13. The number of nitrogens with one attached hydrogen (secondary N) is 1. The van der Waals surface area contributed by atoms with E-state index in [9.17, 15) is 24.5 Å². The monoisotopic (exact) mass is 294 g/mol. The number of amides is 2. The Morgan fingerprint density at radius 3 is 2.33 bits per heavy atom. The number of carbonyl (C=O) groups excluding carboxylic acids is 3. The highest BCUT2D eigenvalue weighted by Gasteiger charge is 2.24. The molecule has 21 heavy (non-hydrogen) atoms. The van der Waals surface area contributed by atoms with Gasteiger partial charge in [-0.3, -0.25) is 29.8 Å². The molecule has 0 heterocycles. The molecular formula is C13H14N2O6. The highest BCUT2D eigenvalue weighted by atomic mass is 16.6. The fraction of sp³-hybridized carbons (Fsp3) is 0.308. The predicted molar refractivity (Wildman–Crippen MR) is 71.4 cm³/mol. The standard InChI is InChI=1S/C13H14N2O6/c1-3-21-13(18)8(2)11(16)14-12(17)9-4-6-10(7-5-9)15(19)20/h4-8H,3H2,1-2H3,(H,14,16,17). The normalized spacial score (nSPS) is 11.3. The van der Waals surface area contributed by atoms with E-state index in [1.165, 1.54) is 19.1 Å². The van der Waals surface area contributed by atoms with Gasteiger partial charge >= 0.3 is 5.97 Å². The second-order valence-electron chi connectivity index (χ2n) is 4.10. The molecule has 0 saturated carbocycles. The molecule has 1 aromatic carbocycles. The van der Waals surface area contributed by atoms with Crippen LogP contribution in [0.1, 0.15) is 24.2 Å². The number of carbonyl (C=O) groups is 3. The fourth-order valence-electron chi connectivity index (χ4n) is 1.40. The van der Waals surface area contributed by atoms with E-state index in [0.717, 1.165) is 12.1 Å². The Morgan fingerprint density at radius 1 is 1.29 bits per heavy atom. The van der Waals surface area contributed by atoms with Crippen molar-refractivity contribution >= 4 is 23.5 Å². The fourth-order valence-corrected chi connectivity index (χ4v) is 1.40. The van der Waals surface area contributed by atoms with Crippen LogP contribution in [-0.4, -0.2) is 29.3 Å². The Morgan fingerprint density at radius 2 is 1.86 bits per heavy atom. The van der Waals surface area contributed by atoms with Gasteiger partial charge in [0.1, 0.15) is 5.92 Å². The summed E-state index contributed by atoms with van der Waals surface area (Å²) in [5, 5.41) is 12.5. The molecule has 0 aliphatic carbocycles. The lowest BCUT2D eigenvalue weighted by Gasteiger charge is -2.10. The number of nitro benzene ring substituents is 1. The maximum atomic E-state index is 11.8. The molecule has 0 fully saturated rings. The van der Waals surface area contributed by atoms with Crippen LogP contribution in [0.3, 0.4) is 0 Å². The van der Waals surface area contributed by atoms with E-state index in [2.05, 4.69) is 4.74 Å². The maximum absolute atomic E-state index is 11.8. The molecular weight excluding hydrogens is 280 g/mol. The SMILES string of the molecule is CCOC(=O)C(C)C(=O)NC(=O)c1ccc([N+](=O)[O-])cc1. The minimum absolute atomic E-state index is 0.0741. The lowest BCUT2D eigenvalue weighted by atomic mass is 10.1. The Labute approximate surface area is 120 Å². The molecule has 8 nitrogen and oxygen atoms in total. The summed E-state index contributed by atoms with van der Waals surface area (Å²) in [7, 11) is 0. The van der Waals surface area contributed by atoms with Crippen molar-refractivity contribution in [3.63, 3.8) is 0 Å². The molecule has 8 heteroatoms. The Bertz CT molecular complexity index is 567. The maximum Gasteiger partial charge on any atom is 0.318 e. The molecule has 0 radical (unpaired) electrons. The van der Waals surface area contributed by atoms with Crippen molar-refractivity contribution in [3.8, 4) is 0 Å². The zero-order valence-corrected chi connectivity index (χ0v) is 11.5. The first-order valence-electron chi connectivity index (χ1n) is 6.13. The minimum Gasteiger partial charge on any atom is -0.465 e. The Kier molecular flexibility index (Phi) is 5.53. The highest BCUT2D eigenvalue weighted by Crippen LogP contribution is 2.12. The second kappa shape index (κ2) is 7.13. The van der Waals surface area contributed by atoms with E-state index in [4.69, 9.17) is 0 Å². The van der Waals surface area contributed by atoms with Crippen LogP contribution in [0.5, 0.6) is 0 Å². The van der Waals surface area contributed by atoms with Gasteiger partial charge in [-0.1, -0.05) is 0 Å². The van der Waals surface area contributed by atoms with E-state index >= 15 is 0 Å². The Balaban J connectivity index is 2.70. The quantitative estimate of drug-likeness (QED) is 0.375. The Hall–Kier alpha value is -2.77. The van der Waals surface area contributed by atoms with E-state index < -0.39 is 28.6 Å². The lowest BCUT2D eigenvalue weighted by Crippen LogP contribution is -2.38. The number of hydrogen-bond donors (Lipinski definition) is 1.